The largest absolute Gasteiger partial charge is 0.322 e. The van der Waals surface area contributed by atoms with Gasteiger partial charge >= 0.3 is 0 Å². The van der Waals surface area contributed by atoms with Crippen LogP contribution in [0.4, 0.5) is 11.4 Å². The highest BCUT2D eigenvalue weighted by atomic mass is 32.2. The molecule has 0 saturated heterocycles. The van der Waals surface area contributed by atoms with E-state index in [1.165, 1.54) is 42.5 Å². The molecule has 0 bridgehead atoms. The molecule has 20 heteroatoms. The molecule has 0 saturated carbocycles. The summed E-state index contributed by atoms with van der Waals surface area (Å²) >= 11 is 0.462. The summed E-state index contributed by atoms with van der Waals surface area (Å²) in [5, 5.41) is 19.4. The summed E-state index contributed by atoms with van der Waals surface area (Å²) in [6.45, 7) is 0. The highest BCUT2D eigenvalue weighted by Crippen LogP contribution is 2.36. The molecule has 0 aliphatic carbocycles. The van der Waals surface area contributed by atoms with Gasteiger partial charge < -0.3 is 10.6 Å². The van der Waals surface area contributed by atoms with Gasteiger partial charge in [-0.05, 0) is 80.8 Å². The third kappa shape index (κ3) is 7.53. The van der Waals surface area contributed by atoms with E-state index in [9.17, 15) is 48.5 Å². The Balaban J connectivity index is 1.30. The number of carbonyl (C=O) groups excluding carboxylic acids is 2. The average Bonchev–Trinajstić information content (AvgIpc) is 3.13. The van der Waals surface area contributed by atoms with E-state index >= 15 is 0 Å². The minimum Gasteiger partial charge on any atom is -0.322 e. The fraction of sp³-hybridized carbons (Fsp3) is 0. The van der Waals surface area contributed by atoms with Crippen molar-refractivity contribution in [3.63, 3.8) is 0 Å². The molecule has 0 aliphatic rings. The van der Waals surface area contributed by atoms with Crippen molar-refractivity contribution in [3.05, 3.63) is 120 Å². The minimum absolute atomic E-state index is 0.0438. The van der Waals surface area contributed by atoms with Crippen LogP contribution in [0.15, 0.2) is 129 Å². The van der Waals surface area contributed by atoms with E-state index in [1.807, 2.05) is 0 Å². The van der Waals surface area contributed by atoms with Crippen molar-refractivity contribution in [1.29, 1.82) is 0 Å². The molecule has 0 heterocycles. The van der Waals surface area contributed by atoms with Crippen LogP contribution in [0.25, 0.3) is 43.1 Å². The van der Waals surface area contributed by atoms with Gasteiger partial charge in [0.15, 0.2) is 0 Å². The Morgan fingerprint density at radius 2 is 0.946 bits per heavy atom. The van der Waals surface area contributed by atoms with Gasteiger partial charge in [0.2, 0.25) is 0 Å². The molecular formula is C36H24N2O14S4. The lowest BCUT2D eigenvalue weighted by Gasteiger charge is -2.17. The van der Waals surface area contributed by atoms with Crippen LogP contribution in [0, 0.1) is 0 Å². The van der Waals surface area contributed by atoms with Crippen molar-refractivity contribution in [2.45, 2.75) is 19.6 Å². The maximum absolute atomic E-state index is 14.2. The quantitative estimate of drug-likeness (QED) is 0.0267. The summed E-state index contributed by atoms with van der Waals surface area (Å²) in [6, 6.07) is 25.5. The fourth-order valence-corrected chi connectivity index (χ4v) is 9.08. The number of nitrogens with one attached hydrogen (secondary N) is 2. The highest BCUT2D eigenvalue weighted by molar-refractivity contribution is 7.94. The van der Waals surface area contributed by atoms with Gasteiger partial charge in [0.1, 0.15) is 9.79 Å². The Morgan fingerprint density at radius 1 is 0.518 bits per heavy atom. The summed E-state index contributed by atoms with van der Waals surface area (Å²) in [5.41, 5.74) is 0.661. The predicted molar refractivity (Wildman–Crippen MR) is 205 cm³/mol. The first-order valence-corrected chi connectivity index (χ1v) is 20.8. The molecule has 16 nitrogen and oxygen atoms in total. The lowest BCUT2D eigenvalue weighted by molar-refractivity contribution is -0.432. The third-order valence-electron chi connectivity index (χ3n) is 8.69. The molecule has 7 aromatic carbocycles. The third-order valence-corrected chi connectivity index (χ3v) is 11.9. The van der Waals surface area contributed by atoms with Gasteiger partial charge in [0, 0.05) is 27.0 Å². The van der Waals surface area contributed by atoms with Crippen LogP contribution < -0.4 is 10.6 Å². The molecule has 0 radical (unpaired) electrons. The number of anilines is 2. The second-order valence-corrected chi connectivity index (χ2v) is 17.1. The Hall–Kier alpha value is -5.52. The number of hydrogen-bond donors (Lipinski definition) is 6. The summed E-state index contributed by atoms with van der Waals surface area (Å²) in [5.74, 6) is -1.25. The number of benzene rings is 7. The zero-order valence-corrected chi connectivity index (χ0v) is 31.2. The maximum Gasteiger partial charge on any atom is 0.295 e. The molecule has 7 aromatic rings. The smallest absolute Gasteiger partial charge is 0.295 e. The van der Waals surface area contributed by atoms with Gasteiger partial charge in [-0.3, -0.25) is 23.2 Å². The van der Waals surface area contributed by atoms with Crippen LogP contribution in [0.1, 0.15) is 20.7 Å². The maximum atomic E-state index is 14.2. The molecule has 0 atom stereocenters. The summed E-state index contributed by atoms with van der Waals surface area (Å²) in [6.07, 6.45) is 0. The molecular weight excluding hydrogens is 813 g/mol. The standard InChI is InChI=1S/C36H24N2O14S4/c39-35(37-21-9-11-25-19(13-21)15-23(53-52-51-41)17-31(25)55(45,46)47)33-27-5-1-3-7-29(27)34(30-8-4-2-6-28(30)33)36(40)38-22-10-12-26-20(14-22)16-24(54(42,43)44)18-32(26)56(48,49)50/h1-18,41H,(H,37,39)(H,38,40)(H,42,43,44)(H,45,46,47)(H,48,49,50). The molecule has 0 aliphatic heterocycles. The van der Waals surface area contributed by atoms with Crippen LogP contribution in [0.3, 0.4) is 0 Å². The van der Waals surface area contributed by atoms with Gasteiger partial charge in [0.05, 0.1) is 28.1 Å². The molecule has 6 N–H and O–H groups in total. The molecule has 0 aromatic heterocycles. The molecule has 286 valence electrons. The van der Waals surface area contributed by atoms with Gasteiger partial charge in [-0.2, -0.15) is 25.3 Å². The first-order chi connectivity index (χ1) is 26.4. The van der Waals surface area contributed by atoms with Crippen molar-refractivity contribution >= 4 is 109 Å². The Morgan fingerprint density at radius 3 is 1.36 bits per heavy atom. The number of amides is 2. The Labute approximate surface area is 321 Å². The number of carbonyl (C=O) groups is 2. The van der Waals surface area contributed by atoms with Crippen molar-refractivity contribution in [2.24, 2.45) is 0 Å². The van der Waals surface area contributed by atoms with E-state index < -0.39 is 56.9 Å². The first-order valence-electron chi connectivity index (χ1n) is 15.7. The van der Waals surface area contributed by atoms with Crippen LogP contribution in [-0.4, -0.2) is 56.0 Å². The highest BCUT2D eigenvalue weighted by Gasteiger charge is 2.25. The van der Waals surface area contributed by atoms with E-state index in [0.717, 1.165) is 12.1 Å². The zero-order valence-electron chi connectivity index (χ0n) is 27.9. The van der Waals surface area contributed by atoms with Crippen LogP contribution in [0.2, 0.25) is 0 Å². The normalized spacial score (nSPS) is 12.4. The van der Waals surface area contributed by atoms with Crippen molar-refractivity contribution in [3.8, 4) is 0 Å². The number of rotatable bonds is 10. The molecule has 56 heavy (non-hydrogen) atoms. The van der Waals surface area contributed by atoms with E-state index in [2.05, 4.69) is 20.0 Å². The van der Waals surface area contributed by atoms with Crippen LogP contribution in [0.5, 0.6) is 0 Å². The van der Waals surface area contributed by atoms with Crippen molar-refractivity contribution in [1.82, 2.24) is 0 Å². The average molecular weight is 837 g/mol. The van der Waals surface area contributed by atoms with Crippen LogP contribution >= 0.6 is 12.0 Å². The van der Waals surface area contributed by atoms with Crippen LogP contribution in [-0.2, 0) is 39.7 Å². The summed E-state index contributed by atoms with van der Waals surface area (Å²) in [7, 11) is -14.6. The second-order valence-electron chi connectivity index (χ2n) is 12.1. The first kappa shape index (κ1) is 38.7. The van der Waals surface area contributed by atoms with Gasteiger partial charge in [-0.15, -0.1) is 4.33 Å². The lowest BCUT2D eigenvalue weighted by Crippen LogP contribution is -2.17. The monoisotopic (exact) mass is 836 g/mol. The second kappa shape index (κ2) is 14.5. The summed E-state index contributed by atoms with van der Waals surface area (Å²) in [4.78, 5) is 26.4. The minimum atomic E-state index is -4.94. The van der Waals surface area contributed by atoms with Gasteiger partial charge in [-0.1, -0.05) is 65.7 Å². The molecule has 2 amide bonds. The molecule has 0 spiro atoms. The zero-order chi connectivity index (χ0) is 40.2. The van der Waals surface area contributed by atoms with Crippen molar-refractivity contribution < 1.29 is 63.1 Å². The van der Waals surface area contributed by atoms with Gasteiger partial charge in [0.25, 0.3) is 42.2 Å². The number of hydrogen-bond acceptors (Lipinski definition) is 12. The lowest BCUT2D eigenvalue weighted by atomic mass is 9.90. The summed E-state index contributed by atoms with van der Waals surface area (Å²) < 4.78 is 106. The molecule has 7 rings (SSSR count). The van der Waals surface area contributed by atoms with Gasteiger partial charge in [-0.25, -0.2) is 5.26 Å². The number of fused-ring (bicyclic) bond motifs is 4. The van der Waals surface area contributed by atoms with E-state index in [0.29, 0.717) is 39.7 Å². The Kier molecular flexibility index (Phi) is 10.0. The molecule has 0 unspecified atom stereocenters. The van der Waals surface area contributed by atoms with E-state index in [1.54, 1.807) is 48.5 Å². The van der Waals surface area contributed by atoms with E-state index in [4.69, 9.17) is 5.26 Å². The van der Waals surface area contributed by atoms with E-state index in [-0.39, 0.29) is 48.9 Å². The predicted octanol–water partition coefficient (Wildman–Crippen LogP) is 6.97. The SMILES string of the molecule is O=C(Nc1ccc2c(S(=O)(=O)O)cc(SOOO)cc2c1)c1c2ccccc2c(C(=O)Nc2ccc3c(S(=O)(=O)O)cc(S(=O)(=O)O)cc3c2)c2ccccc12. The Bertz CT molecular complexity index is 3100. The topological polar surface area (TPSA) is 260 Å². The fourth-order valence-electron chi connectivity index (χ4n) is 6.46. The van der Waals surface area contributed by atoms with Crippen molar-refractivity contribution in [2.75, 3.05) is 10.6 Å². The molecule has 0 fully saturated rings.